The summed E-state index contributed by atoms with van der Waals surface area (Å²) in [6, 6.07) is 16.4. The van der Waals surface area contributed by atoms with Crippen LogP contribution in [0.5, 0.6) is 5.75 Å². The predicted molar refractivity (Wildman–Crippen MR) is 121 cm³/mol. The Labute approximate surface area is 182 Å². The largest absolute Gasteiger partial charge is 0.508 e. The molecule has 0 saturated heterocycles. The summed E-state index contributed by atoms with van der Waals surface area (Å²) in [4.78, 5) is 2.19. The lowest BCUT2D eigenvalue weighted by atomic mass is 9.86. The molecule has 0 amide bonds. The molecule has 0 fully saturated rings. The average molecular weight is 438 g/mol. The Kier molecular flexibility index (Phi) is 5.58. The number of aryl methyl sites for hydroxylation is 1. The van der Waals surface area contributed by atoms with Crippen LogP contribution in [0.1, 0.15) is 30.5 Å². The molecule has 1 aliphatic heterocycles. The molecule has 3 aromatic rings. The summed E-state index contributed by atoms with van der Waals surface area (Å²) < 4.78 is 39.4. The van der Waals surface area contributed by atoms with E-state index in [2.05, 4.69) is 6.07 Å². The van der Waals surface area contributed by atoms with Crippen LogP contribution in [0.25, 0.3) is 11.1 Å². The SMILES string of the molecule is CCC1c2cc(F)ccc2-c2cc(C)ccc2N1C=CCS(=O)(=O)c1ccc(O)cc1. The highest BCUT2D eigenvalue weighted by Gasteiger charge is 2.29. The number of benzene rings is 3. The number of fused-ring (bicyclic) bond motifs is 3. The van der Waals surface area contributed by atoms with Gasteiger partial charge in [0.25, 0.3) is 0 Å². The molecule has 1 aliphatic rings. The zero-order valence-electron chi connectivity index (χ0n) is 17.4. The molecule has 0 aromatic heterocycles. The van der Waals surface area contributed by atoms with Crippen LogP contribution in [0.3, 0.4) is 0 Å². The van der Waals surface area contributed by atoms with Gasteiger partial charge >= 0.3 is 0 Å². The first kappa shape index (κ1) is 21.1. The molecule has 0 radical (unpaired) electrons. The van der Waals surface area contributed by atoms with Crippen LogP contribution >= 0.6 is 0 Å². The van der Waals surface area contributed by atoms with E-state index in [9.17, 15) is 17.9 Å². The summed E-state index contributed by atoms with van der Waals surface area (Å²) in [6.45, 7) is 4.05. The topological polar surface area (TPSA) is 57.6 Å². The van der Waals surface area contributed by atoms with Crippen LogP contribution in [0, 0.1) is 12.7 Å². The third-order valence-electron chi connectivity index (χ3n) is 5.59. The Morgan fingerprint density at radius 3 is 2.48 bits per heavy atom. The average Bonchev–Trinajstić information content (AvgIpc) is 2.73. The van der Waals surface area contributed by atoms with Gasteiger partial charge in [0.15, 0.2) is 9.84 Å². The van der Waals surface area contributed by atoms with Crippen molar-refractivity contribution in [1.29, 1.82) is 0 Å². The molecule has 3 aromatic carbocycles. The van der Waals surface area contributed by atoms with E-state index < -0.39 is 9.84 Å². The summed E-state index contributed by atoms with van der Waals surface area (Å²) >= 11 is 0. The molecule has 4 rings (SSSR count). The number of sulfone groups is 1. The molecule has 1 unspecified atom stereocenters. The standard InChI is InChI=1S/C25H24FNO3S/c1-3-24-23-16-18(26)6-11-21(23)22-15-17(2)5-12-25(22)27(24)13-4-14-31(29,30)20-9-7-19(28)8-10-20/h4-13,15-16,24,28H,3,14H2,1-2H3. The fourth-order valence-corrected chi connectivity index (χ4v) is 5.18. The van der Waals surface area contributed by atoms with E-state index in [1.165, 1.54) is 30.3 Å². The fraction of sp³-hybridized carbons (Fsp3) is 0.200. The van der Waals surface area contributed by atoms with Crippen LogP contribution in [0.2, 0.25) is 0 Å². The van der Waals surface area contributed by atoms with Gasteiger partial charge in [-0.3, -0.25) is 0 Å². The zero-order chi connectivity index (χ0) is 22.2. The first-order valence-corrected chi connectivity index (χ1v) is 11.8. The number of anilines is 1. The summed E-state index contributed by atoms with van der Waals surface area (Å²) in [6.07, 6.45) is 4.14. The molecule has 6 heteroatoms. The maximum atomic E-state index is 14.1. The van der Waals surface area contributed by atoms with Gasteiger partial charge in [-0.25, -0.2) is 12.8 Å². The highest BCUT2D eigenvalue weighted by Crippen LogP contribution is 2.46. The maximum Gasteiger partial charge on any atom is 0.181 e. The monoisotopic (exact) mass is 437 g/mol. The molecule has 31 heavy (non-hydrogen) atoms. The number of rotatable bonds is 5. The molecule has 0 saturated carbocycles. The third-order valence-corrected chi connectivity index (χ3v) is 7.21. The number of hydrogen-bond acceptors (Lipinski definition) is 4. The Balaban J connectivity index is 1.71. The minimum atomic E-state index is -3.54. The van der Waals surface area contributed by atoms with Crippen molar-refractivity contribution in [3.63, 3.8) is 0 Å². The van der Waals surface area contributed by atoms with Crippen molar-refractivity contribution in [2.45, 2.75) is 31.2 Å². The fourth-order valence-electron chi connectivity index (χ4n) is 4.10. The van der Waals surface area contributed by atoms with Gasteiger partial charge in [-0.2, -0.15) is 0 Å². The van der Waals surface area contributed by atoms with Crippen molar-refractivity contribution in [2.24, 2.45) is 0 Å². The van der Waals surface area contributed by atoms with Crippen molar-refractivity contribution in [3.8, 4) is 16.9 Å². The van der Waals surface area contributed by atoms with E-state index >= 15 is 0 Å². The van der Waals surface area contributed by atoms with Crippen LogP contribution in [-0.2, 0) is 9.84 Å². The van der Waals surface area contributed by atoms with Gasteiger partial charge in [-0.15, -0.1) is 0 Å². The Morgan fingerprint density at radius 2 is 1.77 bits per heavy atom. The van der Waals surface area contributed by atoms with Gasteiger partial charge in [-0.1, -0.05) is 30.7 Å². The molecule has 0 bridgehead atoms. The normalized spacial score (nSPS) is 15.7. The number of halogens is 1. The van der Waals surface area contributed by atoms with E-state index in [4.69, 9.17) is 0 Å². The third kappa shape index (κ3) is 4.08. The van der Waals surface area contributed by atoms with Crippen molar-refractivity contribution in [2.75, 3.05) is 10.7 Å². The van der Waals surface area contributed by atoms with Crippen molar-refractivity contribution >= 4 is 15.5 Å². The van der Waals surface area contributed by atoms with Crippen molar-refractivity contribution < 1.29 is 17.9 Å². The van der Waals surface area contributed by atoms with Crippen LogP contribution in [0.15, 0.2) is 77.8 Å². The number of phenolic OH excluding ortho intramolecular Hbond substituents is 1. The van der Waals surface area contributed by atoms with E-state index in [1.54, 1.807) is 18.3 Å². The Hall–Kier alpha value is -3.12. The second kappa shape index (κ2) is 8.19. The van der Waals surface area contributed by atoms with E-state index in [0.29, 0.717) is 0 Å². The molecule has 4 nitrogen and oxygen atoms in total. The number of hydrogen-bond donors (Lipinski definition) is 1. The van der Waals surface area contributed by atoms with Crippen LogP contribution in [-0.4, -0.2) is 19.3 Å². The molecule has 1 heterocycles. The number of phenols is 1. The molecule has 0 aliphatic carbocycles. The summed E-state index contributed by atoms with van der Waals surface area (Å²) in [5.41, 5.74) is 4.98. The van der Waals surface area contributed by atoms with E-state index in [1.807, 2.05) is 36.9 Å². The van der Waals surface area contributed by atoms with Gasteiger partial charge in [0, 0.05) is 17.5 Å². The van der Waals surface area contributed by atoms with Crippen molar-refractivity contribution in [1.82, 2.24) is 0 Å². The molecule has 1 atom stereocenters. The molecule has 1 N–H and O–H groups in total. The lowest BCUT2D eigenvalue weighted by Crippen LogP contribution is -2.27. The van der Waals surface area contributed by atoms with E-state index in [-0.39, 0.29) is 28.3 Å². The smallest absolute Gasteiger partial charge is 0.181 e. The maximum absolute atomic E-state index is 14.1. The quantitative estimate of drug-likeness (QED) is 0.551. The molecular formula is C25H24FNO3S. The highest BCUT2D eigenvalue weighted by atomic mass is 32.2. The Morgan fingerprint density at radius 1 is 1.03 bits per heavy atom. The van der Waals surface area contributed by atoms with Gasteiger partial charge in [0.2, 0.25) is 0 Å². The van der Waals surface area contributed by atoms with Gasteiger partial charge in [-0.05, 0) is 73.0 Å². The lowest BCUT2D eigenvalue weighted by molar-refractivity contribution is 0.475. The first-order valence-electron chi connectivity index (χ1n) is 10.2. The molecular weight excluding hydrogens is 413 g/mol. The lowest BCUT2D eigenvalue weighted by Gasteiger charge is -2.38. The Bertz CT molecular complexity index is 1250. The van der Waals surface area contributed by atoms with Crippen LogP contribution in [0.4, 0.5) is 10.1 Å². The van der Waals surface area contributed by atoms with Crippen molar-refractivity contribution in [3.05, 3.63) is 89.9 Å². The summed E-state index contributed by atoms with van der Waals surface area (Å²) in [5, 5.41) is 9.39. The first-order chi connectivity index (χ1) is 14.8. The second-order valence-electron chi connectivity index (χ2n) is 7.74. The number of aromatic hydroxyl groups is 1. The minimum absolute atomic E-state index is 0.0198. The summed E-state index contributed by atoms with van der Waals surface area (Å²) in [7, 11) is -3.54. The van der Waals surface area contributed by atoms with Gasteiger partial charge < -0.3 is 10.0 Å². The second-order valence-corrected chi connectivity index (χ2v) is 9.78. The minimum Gasteiger partial charge on any atom is -0.508 e. The highest BCUT2D eigenvalue weighted by molar-refractivity contribution is 7.91. The molecule has 0 spiro atoms. The predicted octanol–water partition coefficient (Wildman–Crippen LogP) is 5.77. The summed E-state index contributed by atoms with van der Waals surface area (Å²) in [5.74, 6) is -0.444. The number of nitrogens with zero attached hydrogens (tertiary/aromatic N) is 1. The van der Waals surface area contributed by atoms with E-state index in [0.717, 1.165) is 34.4 Å². The molecule has 160 valence electrons. The van der Waals surface area contributed by atoms with Crippen LogP contribution < -0.4 is 4.90 Å². The zero-order valence-corrected chi connectivity index (χ0v) is 18.2. The van der Waals surface area contributed by atoms with Gasteiger partial charge in [0.05, 0.1) is 16.7 Å². The van der Waals surface area contributed by atoms with Gasteiger partial charge in [0.1, 0.15) is 11.6 Å².